The second-order valence-electron chi connectivity index (χ2n) is 3.02. The summed E-state index contributed by atoms with van der Waals surface area (Å²) in [5.41, 5.74) is 0. The Morgan fingerprint density at radius 3 is 2.60 bits per heavy atom. The predicted molar refractivity (Wildman–Crippen MR) is 51.6 cm³/mol. The Kier molecular flexibility index (Phi) is 4.44. The zero-order chi connectivity index (χ0) is 11.3. The maximum atomic E-state index is 12.1. The lowest BCUT2D eigenvalue weighted by atomic mass is 10.3. The minimum Gasteiger partial charge on any atom is -0.254 e. The van der Waals surface area contributed by atoms with Crippen LogP contribution in [-0.4, -0.2) is 20.9 Å². The highest BCUT2D eigenvalue weighted by molar-refractivity contribution is 7.99. The van der Waals surface area contributed by atoms with Gasteiger partial charge >= 0.3 is 6.18 Å². The van der Waals surface area contributed by atoms with Crippen molar-refractivity contribution in [3.05, 3.63) is 5.82 Å². The van der Waals surface area contributed by atoms with Gasteiger partial charge in [0.15, 0.2) is 0 Å². The summed E-state index contributed by atoms with van der Waals surface area (Å²) in [5, 5.41) is 5.53. The van der Waals surface area contributed by atoms with Crippen molar-refractivity contribution in [2.45, 2.75) is 37.5 Å². The summed E-state index contributed by atoms with van der Waals surface area (Å²) in [6.45, 7) is 2.07. The average molecular weight is 239 g/mol. The Morgan fingerprint density at radius 1 is 1.33 bits per heavy atom. The van der Waals surface area contributed by atoms with Crippen LogP contribution in [0.5, 0.6) is 0 Å². The first-order valence-electron chi connectivity index (χ1n) is 4.66. The molecule has 1 aromatic heterocycles. The van der Waals surface area contributed by atoms with Gasteiger partial charge in [-0.1, -0.05) is 31.5 Å². The summed E-state index contributed by atoms with van der Waals surface area (Å²) < 4.78 is 36.3. The molecule has 0 aliphatic rings. The molecule has 0 saturated carbocycles. The van der Waals surface area contributed by atoms with Crippen LogP contribution in [0, 0.1) is 0 Å². The Morgan fingerprint density at radius 2 is 2.07 bits per heavy atom. The molecule has 0 saturated heterocycles. The molecule has 0 amide bonds. The van der Waals surface area contributed by atoms with E-state index in [9.17, 15) is 13.2 Å². The zero-order valence-electron chi connectivity index (χ0n) is 8.26. The monoisotopic (exact) mass is 239 g/mol. The molecule has 0 fully saturated rings. The second kappa shape index (κ2) is 5.39. The number of aromatic nitrogens is 3. The van der Waals surface area contributed by atoms with Gasteiger partial charge in [0, 0.05) is 5.75 Å². The molecular weight excluding hydrogens is 227 g/mol. The normalized spacial score (nSPS) is 12.0. The van der Waals surface area contributed by atoms with E-state index in [1.165, 1.54) is 11.8 Å². The van der Waals surface area contributed by atoms with E-state index in [2.05, 4.69) is 17.0 Å². The summed E-state index contributed by atoms with van der Waals surface area (Å²) in [4.78, 5) is 3.35. The molecule has 15 heavy (non-hydrogen) atoms. The van der Waals surface area contributed by atoms with Gasteiger partial charge in [0.1, 0.15) is 0 Å². The van der Waals surface area contributed by atoms with Crippen LogP contribution in [0.1, 0.15) is 32.0 Å². The number of rotatable bonds is 5. The molecule has 0 radical (unpaired) electrons. The van der Waals surface area contributed by atoms with Gasteiger partial charge in [-0.15, -0.1) is 5.10 Å². The highest BCUT2D eigenvalue weighted by Gasteiger charge is 2.35. The third kappa shape index (κ3) is 4.11. The fourth-order valence-electron chi connectivity index (χ4n) is 0.953. The lowest BCUT2D eigenvalue weighted by Crippen LogP contribution is -2.07. The summed E-state index contributed by atoms with van der Waals surface area (Å²) in [6.07, 6.45) is -1.31. The minimum absolute atomic E-state index is 0.165. The minimum atomic E-state index is -4.44. The first kappa shape index (κ1) is 12.4. The average Bonchev–Trinajstić information content (AvgIpc) is 2.60. The van der Waals surface area contributed by atoms with Crippen molar-refractivity contribution in [1.82, 2.24) is 15.2 Å². The number of H-pyrrole nitrogens is 1. The van der Waals surface area contributed by atoms with Gasteiger partial charge in [-0.05, 0) is 6.42 Å². The van der Waals surface area contributed by atoms with E-state index in [-0.39, 0.29) is 5.16 Å². The number of unbranched alkanes of at least 4 members (excludes halogenated alkanes) is 2. The number of alkyl halides is 3. The highest BCUT2D eigenvalue weighted by Crippen LogP contribution is 2.27. The lowest BCUT2D eigenvalue weighted by Gasteiger charge is -1.98. The standard InChI is InChI=1S/C8H12F3N3S/c1-2-3-4-5-15-7-12-6(13-14-7)8(9,10)11/h2-5H2,1H3,(H,12,13,14). The third-order valence-electron chi connectivity index (χ3n) is 1.71. The number of nitrogens with zero attached hydrogens (tertiary/aromatic N) is 2. The van der Waals surface area contributed by atoms with Crippen molar-refractivity contribution in [1.29, 1.82) is 0 Å². The number of hydrogen-bond donors (Lipinski definition) is 1. The molecule has 0 atom stereocenters. The molecule has 0 aliphatic carbocycles. The Balaban J connectivity index is 2.40. The number of nitrogens with one attached hydrogen (secondary N) is 1. The molecule has 3 nitrogen and oxygen atoms in total. The smallest absolute Gasteiger partial charge is 0.254 e. The lowest BCUT2D eigenvalue weighted by molar-refractivity contribution is -0.144. The largest absolute Gasteiger partial charge is 0.451 e. The maximum absolute atomic E-state index is 12.1. The van der Waals surface area contributed by atoms with Crippen molar-refractivity contribution in [3.8, 4) is 0 Å². The van der Waals surface area contributed by atoms with Crippen LogP contribution < -0.4 is 0 Å². The van der Waals surface area contributed by atoms with Crippen molar-refractivity contribution in [2.75, 3.05) is 5.75 Å². The molecule has 0 aliphatic heterocycles. The summed E-state index contributed by atoms with van der Waals surface area (Å²) in [7, 11) is 0. The van der Waals surface area contributed by atoms with Crippen LogP contribution in [0.15, 0.2) is 5.16 Å². The van der Waals surface area contributed by atoms with Crippen LogP contribution in [0.25, 0.3) is 0 Å². The molecule has 0 spiro atoms. The zero-order valence-corrected chi connectivity index (χ0v) is 9.08. The van der Waals surface area contributed by atoms with E-state index >= 15 is 0 Å². The number of aromatic amines is 1. The van der Waals surface area contributed by atoms with E-state index in [1.807, 2.05) is 5.10 Å². The van der Waals surface area contributed by atoms with Gasteiger partial charge in [0.05, 0.1) is 0 Å². The topological polar surface area (TPSA) is 41.6 Å². The molecular formula is C8H12F3N3S. The van der Waals surface area contributed by atoms with E-state index in [4.69, 9.17) is 0 Å². The van der Waals surface area contributed by atoms with Crippen molar-refractivity contribution in [2.24, 2.45) is 0 Å². The third-order valence-corrected chi connectivity index (χ3v) is 2.65. The number of hydrogen-bond acceptors (Lipinski definition) is 3. The van der Waals surface area contributed by atoms with E-state index < -0.39 is 12.0 Å². The van der Waals surface area contributed by atoms with Gasteiger partial charge in [-0.25, -0.2) is 0 Å². The van der Waals surface area contributed by atoms with Crippen molar-refractivity contribution >= 4 is 11.8 Å². The molecule has 1 aromatic rings. The van der Waals surface area contributed by atoms with Crippen LogP contribution >= 0.6 is 11.8 Å². The second-order valence-corrected chi connectivity index (χ2v) is 4.08. The Bertz CT molecular complexity index is 298. The quantitative estimate of drug-likeness (QED) is 0.634. The molecule has 0 unspecified atom stereocenters. The van der Waals surface area contributed by atoms with Gasteiger partial charge < -0.3 is 0 Å². The molecule has 1 rings (SSSR count). The van der Waals surface area contributed by atoms with Gasteiger partial charge in [0.25, 0.3) is 0 Å². The summed E-state index contributed by atoms with van der Waals surface area (Å²) >= 11 is 1.24. The Labute approximate surface area is 89.9 Å². The fourth-order valence-corrected chi connectivity index (χ4v) is 1.75. The first-order chi connectivity index (χ1) is 7.04. The van der Waals surface area contributed by atoms with Gasteiger partial charge in [0.2, 0.25) is 11.0 Å². The van der Waals surface area contributed by atoms with Crippen molar-refractivity contribution < 1.29 is 13.2 Å². The van der Waals surface area contributed by atoms with Crippen LogP contribution in [0.4, 0.5) is 13.2 Å². The molecule has 0 bridgehead atoms. The number of halogens is 3. The molecule has 1 heterocycles. The first-order valence-corrected chi connectivity index (χ1v) is 5.65. The fraction of sp³-hybridized carbons (Fsp3) is 0.750. The van der Waals surface area contributed by atoms with E-state index in [1.54, 1.807) is 0 Å². The van der Waals surface area contributed by atoms with Crippen molar-refractivity contribution in [3.63, 3.8) is 0 Å². The molecule has 7 heteroatoms. The summed E-state index contributed by atoms with van der Waals surface area (Å²) in [6, 6.07) is 0. The number of thioether (sulfide) groups is 1. The molecule has 0 aromatic carbocycles. The summed E-state index contributed by atoms with van der Waals surface area (Å²) in [5.74, 6) is -0.274. The molecule has 86 valence electrons. The van der Waals surface area contributed by atoms with Crippen LogP contribution in [0.2, 0.25) is 0 Å². The van der Waals surface area contributed by atoms with E-state index in [0.29, 0.717) is 0 Å². The highest BCUT2D eigenvalue weighted by atomic mass is 32.2. The van der Waals surface area contributed by atoms with Gasteiger partial charge in [-0.2, -0.15) is 18.2 Å². The maximum Gasteiger partial charge on any atom is 0.451 e. The SMILES string of the molecule is CCCCCSc1n[nH]c(C(F)(F)F)n1. The van der Waals surface area contributed by atoms with Crippen LogP contribution in [-0.2, 0) is 6.18 Å². The van der Waals surface area contributed by atoms with Crippen LogP contribution in [0.3, 0.4) is 0 Å². The predicted octanol–water partition coefficient (Wildman–Crippen LogP) is 3.11. The van der Waals surface area contributed by atoms with Gasteiger partial charge in [-0.3, -0.25) is 5.10 Å². The Hall–Kier alpha value is -0.720. The molecule has 1 N–H and O–H groups in total. The van der Waals surface area contributed by atoms with E-state index in [0.717, 1.165) is 25.0 Å².